The van der Waals surface area contributed by atoms with Crippen molar-refractivity contribution in [3.05, 3.63) is 35.6 Å². The molecule has 1 fully saturated rings. The molecule has 0 unspecified atom stereocenters. The molecule has 1 aliphatic heterocycles. The second-order valence-corrected chi connectivity index (χ2v) is 6.82. The number of carbonyl (C=O) groups excluding carboxylic acids is 3. The van der Waals surface area contributed by atoms with E-state index in [-0.39, 0.29) is 30.0 Å². The monoisotopic (exact) mass is 377 g/mol. The number of aryl methyl sites for hydroxylation is 1. The lowest BCUT2D eigenvalue weighted by molar-refractivity contribution is -0.138. The van der Waals surface area contributed by atoms with Crippen molar-refractivity contribution < 1.29 is 18.8 Å². The summed E-state index contributed by atoms with van der Waals surface area (Å²) in [6.45, 7) is 4.11. The van der Waals surface area contributed by atoms with Crippen LogP contribution in [0.15, 0.2) is 24.3 Å². The van der Waals surface area contributed by atoms with E-state index in [1.54, 1.807) is 21.9 Å². The molecule has 7 heteroatoms. The number of nitrogens with one attached hydrogen (secondary N) is 1. The number of amides is 3. The Morgan fingerprint density at radius 1 is 0.963 bits per heavy atom. The van der Waals surface area contributed by atoms with Gasteiger partial charge in [0.2, 0.25) is 17.7 Å². The van der Waals surface area contributed by atoms with Crippen LogP contribution in [0.2, 0.25) is 0 Å². The Hall–Kier alpha value is -2.44. The number of unbranched alkanes of at least 4 members (excludes halogenated alkanes) is 1. The van der Waals surface area contributed by atoms with Gasteiger partial charge in [0.05, 0.1) is 0 Å². The largest absolute Gasteiger partial charge is 0.356 e. The zero-order valence-corrected chi connectivity index (χ0v) is 15.9. The van der Waals surface area contributed by atoms with E-state index in [1.807, 2.05) is 0 Å². The van der Waals surface area contributed by atoms with Crippen molar-refractivity contribution in [1.82, 2.24) is 15.1 Å². The number of nitrogens with zero attached hydrogens (tertiary/aromatic N) is 2. The molecule has 1 aromatic carbocycles. The van der Waals surface area contributed by atoms with Crippen molar-refractivity contribution in [2.45, 2.75) is 39.0 Å². The third kappa shape index (κ3) is 7.37. The van der Waals surface area contributed by atoms with Crippen LogP contribution in [-0.4, -0.2) is 60.2 Å². The van der Waals surface area contributed by atoms with Crippen LogP contribution in [0.25, 0.3) is 0 Å². The summed E-state index contributed by atoms with van der Waals surface area (Å²) in [5, 5.41) is 2.79. The van der Waals surface area contributed by atoms with Gasteiger partial charge in [-0.15, -0.1) is 0 Å². The number of halogens is 1. The molecule has 0 bridgehead atoms. The van der Waals surface area contributed by atoms with Gasteiger partial charge in [0.15, 0.2) is 0 Å². The molecule has 3 amide bonds. The van der Waals surface area contributed by atoms with E-state index in [0.717, 1.165) is 24.8 Å². The van der Waals surface area contributed by atoms with Crippen molar-refractivity contribution >= 4 is 17.7 Å². The Bertz CT molecular complexity index is 640. The minimum Gasteiger partial charge on any atom is -0.356 e. The second-order valence-electron chi connectivity index (χ2n) is 6.82. The lowest BCUT2D eigenvalue weighted by Crippen LogP contribution is -2.50. The number of carbonyl (C=O) groups is 3. The molecule has 0 atom stereocenters. The Balaban J connectivity index is 1.53. The van der Waals surface area contributed by atoms with Gasteiger partial charge in [-0.25, -0.2) is 4.39 Å². The smallest absolute Gasteiger partial charge is 0.224 e. The predicted octanol–water partition coefficient (Wildman–Crippen LogP) is 1.74. The molecular formula is C20H28FN3O3. The highest BCUT2D eigenvalue weighted by Gasteiger charge is 2.21. The molecule has 0 saturated carbocycles. The molecule has 6 nitrogen and oxygen atoms in total. The first kappa shape index (κ1) is 20.9. The van der Waals surface area contributed by atoms with Gasteiger partial charge in [-0.3, -0.25) is 14.4 Å². The summed E-state index contributed by atoms with van der Waals surface area (Å²) in [6.07, 6.45) is 3.13. The maximum Gasteiger partial charge on any atom is 0.224 e. The molecular weight excluding hydrogens is 349 g/mol. The third-order valence-electron chi connectivity index (χ3n) is 4.77. The maximum absolute atomic E-state index is 12.8. The van der Waals surface area contributed by atoms with E-state index in [9.17, 15) is 18.8 Å². The fourth-order valence-corrected chi connectivity index (χ4v) is 3.09. The van der Waals surface area contributed by atoms with Gasteiger partial charge in [-0.2, -0.15) is 0 Å². The molecule has 0 aliphatic carbocycles. The minimum atomic E-state index is -0.242. The zero-order valence-electron chi connectivity index (χ0n) is 15.9. The molecule has 148 valence electrons. The Kier molecular flexibility index (Phi) is 8.23. The maximum atomic E-state index is 12.8. The molecule has 2 rings (SSSR count). The zero-order chi connectivity index (χ0) is 19.6. The molecule has 27 heavy (non-hydrogen) atoms. The van der Waals surface area contributed by atoms with Gasteiger partial charge < -0.3 is 15.1 Å². The molecule has 1 saturated heterocycles. The SMILES string of the molecule is CC(=O)N1CCN(C(=O)CCNC(=O)CCCCc2ccc(F)cc2)CC1. The van der Waals surface area contributed by atoms with E-state index in [0.29, 0.717) is 39.1 Å². The molecule has 1 aliphatic rings. The van der Waals surface area contributed by atoms with E-state index in [2.05, 4.69) is 5.32 Å². The summed E-state index contributed by atoms with van der Waals surface area (Å²) in [6, 6.07) is 6.41. The van der Waals surface area contributed by atoms with Crippen LogP contribution in [0.4, 0.5) is 4.39 Å². The number of benzene rings is 1. The number of piperazine rings is 1. The van der Waals surface area contributed by atoms with Crippen molar-refractivity contribution in [3.8, 4) is 0 Å². The number of hydrogen-bond acceptors (Lipinski definition) is 3. The highest BCUT2D eigenvalue weighted by Crippen LogP contribution is 2.08. The lowest BCUT2D eigenvalue weighted by Gasteiger charge is -2.34. The molecule has 0 aromatic heterocycles. The van der Waals surface area contributed by atoms with Crippen molar-refractivity contribution in [2.24, 2.45) is 0 Å². The van der Waals surface area contributed by atoms with E-state index in [4.69, 9.17) is 0 Å². The summed E-state index contributed by atoms with van der Waals surface area (Å²) in [5.74, 6) is -0.250. The van der Waals surface area contributed by atoms with Gasteiger partial charge in [0.25, 0.3) is 0 Å². The van der Waals surface area contributed by atoms with Crippen LogP contribution in [0, 0.1) is 5.82 Å². The average Bonchev–Trinajstić information content (AvgIpc) is 2.66. The van der Waals surface area contributed by atoms with E-state index >= 15 is 0 Å². The van der Waals surface area contributed by atoms with Crippen LogP contribution in [0.3, 0.4) is 0 Å². The number of hydrogen-bond donors (Lipinski definition) is 1. The van der Waals surface area contributed by atoms with E-state index < -0.39 is 0 Å². The van der Waals surface area contributed by atoms with E-state index in [1.165, 1.54) is 19.1 Å². The van der Waals surface area contributed by atoms with Gasteiger partial charge in [0.1, 0.15) is 5.82 Å². The summed E-state index contributed by atoms with van der Waals surface area (Å²) in [7, 11) is 0. The van der Waals surface area contributed by atoms with Crippen LogP contribution < -0.4 is 5.32 Å². The molecule has 1 N–H and O–H groups in total. The van der Waals surface area contributed by atoms with Crippen LogP contribution >= 0.6 is 0 Å². The van der Waals surface area contributed by atoms with Gasteiger partial charge in [-0.05, 0) is 37.0 Å². The Morgan fingerprint density at radius 3 is 2.22 bits per heavy atom. The first-order chi connectivity index (χ1) is 13.0. The van der Waals surface area contributed by atoms with Crippen molar-refractivity contribution in [3.63, 3.8) is 0 Å². The summed E-state index contributed by atoms with van der Waals surface area (Å²) in [4.78, 5) is 38.7. The number of rotatable bonds is 8. The Morgan fingerprint density at radius 2 is 1.59 bits per heavy atom. The Labute approximate surface area is 159 Å². The quantitative estimate of drug-likeness (QED) is 0.702. The average molecular weight is 377 g/mol. The normalized spacial score (nSPS) is 14.1. The molecule has 0 radical (unpaired) electrons. The predicted molar refractivity (Wildman–Crippen MR) is 100 cm³/mol. The molecule has 1 aromatic rings. The standard InChI is InChI=1S/C20H28FN3O3/c1-16(25)23-12-14-24(15-13-23)20(27)10-11-22-19(26)5-3-2-4-17-6-8-18(21)9-7-17/h6-9H,2-5,10-15H2,1H3,(H,22,26). The fraction of sp³-hybridized carbons (Fsp3) is 0.550. The highest BCUT2D eigenvalue weighted by molar-refractivity contribution is 5.79. The summed E-state index contributed by atoms with van der Waals surface area (Å²) < 4.78 is 12.8. The van der Waals surface area contributed by atoms with Crippen LogP contribution in [0.5, 0.6) is 0 Å². The van der Waals surface area contributed by atoms with Crippen molar-refractivity contribution in [2.75, 3.05) is 32.7 Å². The highest BCUT2D eigenvalue weighted by atomic mass is 19.1. The summed E-state index contributed by atoms with van der Waals surface area (Å²) >= 11 is 0. The van der Waals surface area contributed by atoms with Gasteiger partial charge >= 0.3 is 0 Å². The fourth-order valence-electron chi connectivity index (χ4n) is 3.09. The molecule has 0 spiro atoms. The molecule has 1 heterocycles. The third-order valence-corrected chi connectivity index (χ3v) is 4.77. The minimum absolute atomic E-state index is 0.00909. The van der Waals surface area contributed by atoms with Crippen molar-refractivity contribution in [1.29, 1.82) is 0 Å². The first-order valence-electron chi connectivity index (χ1n) is 9.50. The first-order valence-corrected chi connectivity index (χ1v) is 9.50. The van der Waals surface area contributed by atoms with Gasteiger partial charge in [0, 0.05) is 52.5 Å². The second kappa shape index (κ2) is 10.6. The van der Waals surface area contributed by atoms with Crippen LogP contribution in [0.1, 0.15) is 38.2 Å². The van der Waals surface area contributed by atoms with Gasteiger partial charge in [-0.1, -0.05) is 12.1 Å². The lowest BCUT2D eigenvalue weighted by atomic mass is 10.1. The topological polar surface area (TPSA) is 69.7 Å². The summed E-state index contributed by atoms with van der Waals surface area (Å²) in [5.41, 5.74) is 1.06. The van der Waals surface area contributed by atoms with Crippen LogP contribution in [-0.2, 0) is 20.8 Å².